The average molecular weight is 301 g/mol. The second kappa shape index (κ2) is 7.25. The van der Waals surface area contributed by atoms with Crippen LogP contribution in [0.2, 0.25) is 0 Å². The Bertz CT molecular complexity index is 494. The molecule has 1 atom stereocenters. The molecule has 1 heterocycles. The standard InChI is InChI=1S/C18H27N3O/c19-12-14-6-8-15(9-7-14)18(22)20-16-10-11-21(13-16)17-4-2-1-3-5-17/h6-9,16-17H,1-5,10-13,19H2,(H,20,22). The minimum Gasteiger partial charge on any atom is -0.348 e. The van der Waals surface area contributed by atoms with E-state index in [1.807, 2.05) is 24.3 Å². The molecule has 1 unspecified atom stereocenters. The van der Waals surface area contributed by atoms with Crippen LogP contribution in [-0.2, 0) is 6.54 Å². The van der Waals surface area contributed by atoms with Crippen molar-refractivity contribution in [2.45, 2.75) is 57.2 Å². The van der Waals surface area contributed by atoms with Gasteiger partial charge in [-0.25, -0.2) is 0 Å². The summed E-state index contributed by atoms with van der Waals surface area (Å²) in [5.41, 5.74) is 7.37. The fourth-order valence-electron chi connectivity index (χ4n) is 3.74. The molecule has 0 radical (unpaired) electrons. The Hall–Kier alpha value is -1.39. The van der Waals surface area contributed by atoms with Crippen LogP contribution in [0.1, 0.15) is 54.4 Å². The van der Waals surface area contributed by atoms with Crippen molar-refractivity contribution in [1.29, 1.82) is 0 Å². The van der Waals surface area contributed by atoms with Crippen LogP contribution in [0.4, 0.5) is 0 Å². The lowest BCUT2D eigenvalue weighted by Crippen LogP contribution is -2.40. The van der Waals surface area contributed by atoms with Gasteiger partial charge in [-0.15, -0.1) is 0 Å². The summed E-state index contributed by atoms with van der Waals surface area (Å²) in [5, 5.41) is 3.19. The number of likely N-dealkylation sites (tertiary alicyclic amines) is 1. The zero-order valence-corrected chi connectivity index (χ0v) is 13.3. The Morgan fingerprint density at radius 3 is 2.55 bits per heavy atom. The third-order valence-electron chi connectivity index (χ3n) is 5.10. The Kier molecular flexibility index (Phi) is 5.11. The van der Waals surface area contributed by atoms with Crippen molar-refractivity contribution in [3.63, 3.8) is 0 Å². The molecule has 0 spiro atoms. The summed E-state index contributed by atoms with van der Waals surface area (Å²) in [7, 11) is 0. The lowest BCUT2D eigenvalue weighted by Gasteiger charge is -2.31. The highest BCUT2D eigenvalue weighted by molar-refractivity contribution is 5.94. The Balaban J connectivity index is 1.51. The number of hydrogen-bond donors (Lipinski definition) is 2. The van der Waals surface area contributed by atoms with Crippen molar-refractivity contribution in [2.75, 3.05) is 13.1 Å². The maximum absolute atomic E-state index is 12.3. The van der Waals surface area contributed by atoms with Crippen LogP contribution in [0.3, 0.4) is 0 Å². The van der Waals surface area contributed by atoms with Gasteiger partial charge in [-0.1, -0.05) is 31.4 Å². The summed E-state index contributed by atoms with van der Waals surface area (Å²) >= 11 is 0. The second-order valence-electron chi connectivity index (χ2n) is 6.65. The fourth-order valence-corrected chi connectivity index (χ4v) is 3.74. The summed E-state index contributed by atoms with van der Waals surface area (Å²) in [4.78, 5) is 14.9. The van der Waals surface area contributed by atoms with Crippen molar-refractivity contribution >= 4 is 5.91 Å². The third kappa shape index (κ3) is 3.68. The van der Waals surface area contributed by atoms with E-state index < -0.39 is 0 Å². The van der Waals surface area contributed by atoms with E-state index >= 15 is 0 Å². The minimum absolute atomic E-state index is 0.0408. The van der Waals surface area contributed by atoms with E-state index in [9.17, 15) is 4.79 Å². The molecule has 1 aromatic rings. The molecule has 4 nitrogen and oxygen atoms in total. The zero-order valence-electron chi connectivity index (χ0n) is 13.3. The van der Waals surface area contributed by atoms with Gasteiger partial charge in [0.1, 0.15) is 0 Å². The van der Waals surface area contributed by atoms with Crippen molar-refractivity contribution in [3.05, 3.63) is 35.4 Å². The van der Waals surface area contributed by atoms with E-state index in [4.69, 9.17) is 5.73 Å². The number of nitrogens with zero attached hydrogens (tertiary/aromatic N) is 1. The molecule has 22 heavy (non-hydrogen) atoms. The molecule has 120 valence electrons. The van der Waals surface area contributed by atoms with Gasteiger partial charge in [-0.3, -0.25) is 9.69 Å². The van der Waals surface area contributed by atoms with Crippen LogP contribution >= 0.6 is 0 Å². The molecule has 2 aliphatic rings. The van der Waals surface area contributed by atoms with E-state index in [2.05, 4.69) is 10.2 Å². The van der Waals surface area contributed by atoms with Crippen molar-refractivity contribution in [3.8, 4) is 0 Å². The van der Waals surface area contributed by atoms with Crippen LogP contribution in [0, 0.1) is 0 Å². The van der Waals surface area contributed by atoms with Gasteiger partial charge in [0.15, 0.2) is 0 Å². The van der Waals surface area contributed by atoms with Crippen molar-refractivity contribution in [1.82, 2.24) is 10.2 Å². The number of rotatable bonds is 4. The Morgan fingerprint density at radius 1 is 1.14 bits per heavy atom. The number of nitrogens with one attached hydrogen (secondary N) is 1. The highest BCUT2D eigenvalue weighted by Crippen LogP contribution is 2.25. The second-order valence-corrected chi connectivity index (χ2v) is 6.65. The van der Waals surface area contributed by atoms with Gasteiger partial charge in [0.05, 0.1) is 0 Å². The summed E-state index contributed by atoms with van der Waals surface area (Å²) in [6.45, 7) is 2.65. The highest BCUT2D eigenvalue weighted by Gasteiger charge is 2.29. The number of nitrogens with two attached hydrogens (primary N) is 1. The molecule has 1 aromatic carbocycles. The Morgan fingerprint density at radius 2 is 1.86 bits per heavy atom. The van der Waals surface area contributed by atoms with Crippen LogP contribution in [0.15, 0.2) is 24.3 Å². The largest absolute Gasteiger partial charge is 0.348 e. The van der Waals surface area contributed by atoms with Gasteiger partial charge in [0.25, 0.3) is 5.91 Å². The smallest absolute Gasteiger partial charge is 0.251 e. The van der Waals surface area contributed by atoms with Crippen molar-refractivity contribution < 1.29 is 4.79 Å². The molecule has 2 fully saturated rings. The van der Waals surface area contributed by atoms with E-state index in [0.717, 1.165) is 36.7 Å². The first kappa shape index (κ1) is 15.5. The quantitative estimate of drug-likeness (QED) is 0.897. The van der Waals surface area contributed by atoms with Crippen molar-refractivity contribution in [2.24, 2.45) is 5.73 Å². The number of hydrogen-bond acceptors (Lipinski definition) is 3. The molecule has 4 heteroatoms. The maximum Gasteiger partial charge on any atom is 0.251 e. The predicted molar refractivity (Wildman–Crippen MR) is 88.7 cm³/mol. The monoisotopic (exact) mass is 301 g/mol. The van der Waals surface area contributed by atoms with Gasteiger partial charge >= 0.3 is 0 Å². The zero-order chi connectivity index (χ0) is 15.4. The molecule has 1 saturated heterocycles. The SMILES string of the molecule is NCc1ccc(C(=O)NC2CCN(C3CCCCC3)C2)cc1. The molecule has 1 aliphatic heterocycles. The van der Waals surface area contributed by atoms with Gasteiger partial charge < -0.3 is 11.1 Å². The molecular weight excluding hydrogens is 274 g/mol. The van der Waals surface area contributed by atoms with Gasteiger partial charge in [-0.05, 0) is 37.0 Å². The summed E-state index contributed by atoms with van der Waals surface area (Å²) in [6.07, 6.45) is 7.87. The topological polar surface area (TPSA) is 58.4 Å². The molecule has 1 saturated carbocycles. The fraction of sp³-hybridized carbons (Fsp3) is 0.611. The van der Waals surface area contributed by atoms with Gasteiger partial charge in [0, 0.05) is 37.3 Å². The van der Waals surface area contributed by atoms with E-state index in [-0.39, 0.29) is 5.91 Å². The van der Waals surface area contributed by atoms with Crippen LogP contribution < -0.4 is 11.1 Å². The summed E-state index contributed by atoms with van der Waals surface area (Å²) in [6, 6.07) is 8.63. The van der Waals surface area contributed by atoms with Gasteiger partial charge in [0.2, 0.25) is 0 Å². The highest BCUT2D eigenvalue weighted by atomic mass is 16.1. The third-order valence-corrected chi connectivity index (χ3v) is 5.10. The van der Waals surface area contributed by atoms with E-state index in [0.29, 0.717) is 12.6 Å². The Labute approximate surface area is 133 Å². The number of amides is 1. The first-order valence-corrected chi connectivity index (χ1v) is 8.60. The number of carbonyl (C=O) groups excluding carboxylic acids is 1. The average Bonchev–Trinajstić information content (AvgIpc) is 3.04. The van der Waals surface area contributed by atoms with Crippen LogP contribution in [0.25, 0.3) is 0 Å². The molecule has 3 rings (SSSR count). The van der Waals surface area contributed by atoms with E-state index in [1.54, 1.807) is 0 Å². The molecule has 3 N–H and O–H groups in total. The minimum atomic E-state index is 0.0408. The number of carbonyl (C=O) groups is 1. The summed E-state index contributed by atoms with van der Waals surface area (Å²) < 4.78 is 0. The maximum atomic E-state index is 12.3. The van der Waals surface area contributed by atoms with E-state index in [1.165, 1.54) is 32.1 Å². The lowest BCUT2D eigenvalue weighted by molar-refractivity contribution is 0.0934. The van der Waals surface area contributed by atoms with Gasteiger partial charge in [-0.2, -0.15) is 0 Å². The molecule has 0 bridgehead atoms. The number of benzene rings is 1. The van der Waals surface area contributed by atoms with Crippen LogP contribution in [-0.4, -0.2) is 36.0 Å². The van der Waals surface area contributed by atoms with Crippen LogP contribution in [0.5, 0.6) is 0 Å². The lowest BCUT2D eigenvalue weighted by atomic mass is 9.94. The predicted octanol–water partition coefficient (Wildman–Crippen LogP) is 2.28. The first-order valence-electron chi connectivity index (χ1n) is 8.60. The summed E-state index contributed by atoms with van der Waals surface area (Å²) in [5.74, 6) is 0.0408. The normalized spacial score (nSPS) is 23.6. The molecule has 1 aliphatic carbocycles. The molecule has 1 amide bonds. The molecular formula is C18H27N3O. The first-order chi connectivity index (χ1) is 10.8. The molecule has 0 aromatic heterocycles.